The van der Waals surface area contributed by atoms with Crippen LogP contribution < -0.4 is 10.2 Å². The first-order valence-corrected chi connectivity index (χ1v) is 9.85. The lowest BCUT2D eigenvalue weighted by Crippen LogP contribution is -2.17. The molecule has 0 unspecified atom stereocenters. The number of nitrogens with zero attached hydrogens (tertiary/aromatic N) is 2. The van der Waals surface area contributed by atoms with E-state index in [9.17, 15) is 4.79 Å². The topological polar surface area (TPSA) is 63.6 Å². The van der Waals surface area contributed by atoms with Crippen molar-refractivity contribution < 1.29 is 9.53 Å². The number of benzene rings is 2. The fraction of sp³-hybridized carbons (Fsp3) is 0.136. The maximum atomic E-state index is 12.0. The number of hydrogen-bond acceptors (Lipinski definition) is 5. The molecule has 142 valence electrons. The number of rotatable bonds is 8. The van der Waals surface area contributed by atoms with Crippen molar-refractivity contribution >= 4 is 23.9 Å². The number of hydrogen-bond donors (Lipinski definition) is 1. The van der Waals surface area contributed by atoms with E-state index in [-0.39, 0.29) is 5.91 Å². The predicted molar refractivity (Wildman–Crippen MR) is 113 cm³/mol. The van der Waals surface area contributed by atoms with Gasteiger partial charge in [0.05, 0.1) is 12.8 Å². The van der Waals surface area contributed by atoms with Crippen LogP contribution in [0.2, 0.25) is 0 Å². The number of carbonyl (C=O) groups is 1. The molecule has 1 N–H and O–H groups in total. The van der Waals surface area contributed by atoms with Gasteiger partial charge in [-0.2, -0.15) is 5.10 Å². The van der Waals surface area contributed by atoms with Crippen LogP contribution in [0.25, 0.3) is 0 Å². The Hall–Kier alpha value is -3.12. The summed E-state index contributed by atoms with van der Waals surface area (Å²) in [5.41, 5.74) is 5.07. The third-order valence-corrected chi connectivity index (χ3v) is 4.84. The molecule has 0 saturated carbocycles. The highest BCUT2D eigenvalue weighted by Crippen LogP contribution is 2.20. The minimum absolute atomic E-state index is 0.286. The van der Waals surface area contributed by atoms with E-state index in [1.54, 1.807) is 42.5 Å². The zero-order chi connectivity index (χ0) is 19.6. The molecule has 0 aliphatic rings. The average Bonchev–Trinajstić information content (AvgIpc) is 2.74. The Balaban J connectivity index is 1.51. The van der Waals surface area contributed by atoms with Gasteiger partial charge < -0.3 is 4.74 Å². The zero-order valence-electron chi connectivity index (χ0n) is 15.5. The second-order valence-electron chi connectivity index (χ2n) is 5.98. The molecule has 1 amide bonds. The number of nitrogens with one attached hydrogen (secondary N) is 1. The molecule has 5 nitrogen and oxygen atoms in total. The summed E-state index contributed by atoms with van der Waals surface area (Å²) in [5, 5.41) is 4.03. The number of amides is 1. The highest BCUT2D eigenvalue weighted by atomic mass is 32.2. The van der Waals surface area contributed by atoms with Crippen LogP contribution >= 0.6 is 11.8 Å². The molecule has 0 aliphatic carbocycles. The van der Waals surface area contributed by atoms with Crippen LogP contribution in [0.1, 0.15) is 21.5 Å². The molecule has 0 saturated heterocycles. The highest BCUT2D eigenvalue weighted by molar-refractivity contribution is 7.99. The Kier molecular flexibility index (Phi) is 7.21. The van der Waals surface area contributed by atoms with Crippen LogP contribution in [-0.4, -0.2) is 29.5 Å². The second kappa shape index (κ2) is 10.3. The molecule has 0 aliphatic heterocycles. The Bertz CT molecular complexity index is 928. The Labute approximate surface area is 168 Å². The SMILES string of the molecule is Cc1ccc(SCCOc2ccccc2C=NNC(=O)c2ccncc2)cc1. The Morgan fingerprint density at radius 2 is 1.86 bits per heavy atom. The normalized spacial score (nSPS) is 10.8. The number of ether oxygens (including phenoxy) is 1. The second-order valence-corrected chi connectivity index (χ2v) is 7.15. The molecular formula is C22H21N3O2S. The lowest BCUT2D eigenvalue weighted by atomic mass is 10.2. The van der Waals surface area contributed by atoms with Crippen LogP contribution in [0.15, 0.2) is 83.1 Å². The van der Waals surface area contributed by atoms with Gasteiger partial charge >= 0.3 is 0 Å². The number of aromatic nitrogens is 1. The van der Waals surface area contributed by atoms with Crippen LogP contribution in [0.5, 0.6) is 5.75 Å². The van der Waals surface area contributed by atoms with Crippen LogP contribution in [0.4, 0.5) is 0 Å². The summed E-state index contributed by atoms with van der Waals surface area (Å²) in [7, 11) is 0. The van der Waals surface area contributed by atoms with Crippen molar-refractivity contribution in [1.82, 2.24) is 10.4 Å². The van der Waals surface area contributed by atoms with Crippen LogP contribution in [0.3, 0.4) is 0 Å². The largest absolute Gasteiger partial charge is 0.492 e. The van der Waals surface area contributed by atoms with Gasteiger partial charge in [0, 0.05) is 34.2 Å². The molecule has 3 rings (SSSR count). The maximum absolute atomic E-state index is 12.0. The first-order chi connectivity index (χ1) is 13.7. The third-order valence-electron chi connectivity index (χ3n) is 3.86. The smallest absolute Gasteiger partial charge is 0.271 e. The summed E-state index contributed by atoms with van der Waals surface area (Å²) in [6, 6.07) is 19.3. The van der Waals surface area contributed by atoms with Gasteiger partial charge in [0.15, 0.2) is 0 Å². The van der Waals surface area contributed by atoms with Gasteiger partial charge in [-0.3, -0.25) is 9.78 Å². The van der Waals surface area contributed by atoms with Gasteiger partial charge in [-0.25, -0.2) is 5.43 Å². The highest BCUT2D eigenvalue weighted by Gasteiger charge is 2.04. The van der Waals surface area contributed by atoms with Crippen molar-refractivity contribution in [2.45, 2.75) is 11.8 Å². The summed E-state index contributed by atoms with van der Waals surface area (Å²) in [5.74, 6) is 1.29. The van der Waals surface area contributed by atoms with Crippen molar-refractivity contribution in [3.8, 4) is 5.75 Å². The summed E-state index contributed by atoms with van der Waals surface area (Å²) in [6.45, 7) is 2.66. The summed E-state index contributed by atoms with van der Waals surface area (Å²) in [6.07, 6.45) is 4.72. The standard InChI is InChI=1S/C22H21N3O2S/c1-17-6-8-20(9-7-17)28-15-14-27-21-5-3-2-4-19(21)16-24-25-22(26)18-10-12-23-13-11-18/h2-13,16H,14-15H2,1H3,(H,25,26). The molecular weight excluding hydrogens is 370 g/mol. The number of hydrazone groups is 1. The van der Waals surface area contributed by atoms with Gasteiger partial charge in [0.2, 0.25) is 0 Å². The van der Waals surface area contributed by atoms with E-state index in [1.807, 2.05) is 24.3 Å². The monoisotopic (exact) mass is 391 g/mol. The van der Waals surface area contributed by atoms with Crippen molar-refractivity contribution in [2.75, 3.05) is 12.4 Å². The summed E-state index contributed by atoms with van der Waals surface area (Å²) >= 11 is 1.75. The summed E-state index contributed by atoms with van der Waals surface area (Å²) in [4.78, 5) is 17.1. The van der Waals surface area contributed by atoms with E-state index in [1.165, 1.54) is 10.5 Å². The number of pyridine rings is 1. The van der Waals surface area contributed by atoms with E-state index in [0.717, 1.165) is 17.1 Å². The zero-order valence-corrected chi connectivity index (χ0v) is 16.4. The van der Waals surface area contributed by atoms with Crippen molar-refractivity contribution in [2.24, 2.45) is 5.10 Å². The van der Waals surface area contributed by atoms with Crippen LogP contribution in [-0.2, 0) is 0 Å². The fourth-order valence-corrected chi connectivity index (χ4v) is 3.12. The molecule has 0 bridgehead atoms. The average molecular weight is 391 g/mol. The van der Waals surface area contributed by atoms with Gasteiger partial charge in [-0.1, -0.05) is 29.8 Å². The van der Waals surface area contributed by atoms with Crippen LogP contribution in [0, 0.1) is 6.92 Å². The molecule has 1 aromatic heterocycles. The third kappa shape index (κ3) is 5.96. The first-order valence-electron chi connectivity index (χ1n) is 8.87. The van der Waals surface area contributed by atoms with Gasteiger partial charge in [0.25, 0.3) is 5.91 Å². The van der Waals surface area contributed by atoms with E-state index in [4.69, 9.17) is 4.74 Å². The summed E-state index contributed by atoms with van der Waals surface area (Å²) < 4.78 is 5.89. The van der Waals surface area contributed by atoms with E-state index < -0.39 is 0 Å². The number of aryl methyl sites for hydroxylation is 1. The van der Waals surface area contributed by atoms with Crippen molar-refractivity contribution in [3.63, 3.8) is 0 Å². The van der Waals surface area contributed by atoms with Gasteiger partial charge in [0.1, 0.15) is 5.75 Å². The number of para-hydroxylation sites is 1. The minimum atomic E-state index is -0.286. The molecule has 0 fully saturated rings. The van der Waals surface area contributed by atoms with Crippen molar-refractivity contribution in [3.05, 3.63) is 89.7 Å². The molecule has 6 heteroatoms. The molecule has 0 spiro atoms. The van der Waals surface area contributed by atoms with E-state index in [0.29, 0.717) is 12.2 Å². The molecule has 1 heterocycles. The number of thioether (sulfide) groups is 1. The lowest BCUT2D eigenvalue weighted by molar-refractivity contribution is 0.0955. The molecule has 0 radical (unpaired) electrons. The predicted octanol–water partition coefficient (Wildman–Crippen LogP) is 4.33. The fourth-order valence-electron chi connectivity index (χ4n) is 2.39. The molecule has 2 aromatic carbocycles. The maximum Gasteiger partial charge on any atom is 0.271 e. The first kappa shape index (κ1) is 19.6. The molecule has 3 aromatic rings. The van der Waals surface area contributed by atoms with E-state index >= 15 is 0 Å². The lowest BCUT2D eigenvalue weighted by Gasteiger charge is -2.09. The number of carbonyl (C=O) groups excluding carboxylic acids is 1. The Morgan fingerprint density at radius 1 is 1.11 bits per heavy atom. The molecule has 0 atom stereocenters. The van der Waals surface area contributed by atoms with Crippen molar-refractivity contribution in [1.29, 1.82) is 0 Å². The quantitative estimate of drug-likeness (QED) is 0.269. The minimum Gasteiger partial charge on any atom is -0.492 e. The Morgan fingerprint density at radius 3 is 2.64 bits per heavy atom. The molecule has 28 heavy (non-hydrogen) atoms. The van der Waals surface area contributed by atoms with E-state index in [2.05, 4.69) is 46.7 Å². The van der Waals surface area contributed by atoms with Gasteiger partial charge in [-0.15, -0.1) is 11.8 Å². The van der Waals surface area contributed by atoms with Gasteiger partial charge in [-0.05, 0) is 43.3 Å².